The smallest absolute Gasteiger partial charge is 0.339 e. The normalized spacial score (nSPS) is 17.7. The van der Waals surface area contributed by atoms with E-state index in [1.54, 1.807) is 11.8 Å². The van der Waals surface area contributed by atoms with E-state index >= 15 is 0 Å². The lowest BCUT2D eigenvalue weighted by Crippen LogP contribution is -2.39. The molecule has 2 aromatic rings. The highest BCUT2D eigenvalue weighted by atomic mass is 16.5. The van der Waals surface area contributed by atoms with Gasteiger partial charge in [-0.15, -0.1) is 0 Å². The van der Waals surface area contributed by atoms with Gasteiger partial charge in [0.25, 0.3) is 5.91 Å². The standard InChI is InChI=1S/C18H23N3O5/c1-4-13-12(18(23)24)8-14(25-13)17(22)21-7-5-6-11(9-21)15-19-16(10(2)3)26-20-15/h8,10-11H,4-7,9H2,1-3H3,(H,23,24). The molecule has 0 radical (unpaired) electrons. The number of aromatic carboxylic acids is 1. The Labute approximate surface area is 151 Å². The average Bonchev–Trinajstić information content (AvgIpc) is 3.28. The van der Waals surface area contributed by atoms with Crippen molar-refractivity contribution in [2.24, 2.45) is 0 Å². The number of amides is 1. The predicted molar refractivity (Wildman–Crippen MR) is 91.3 cm³/mol. The molecule has 8 heteroatoms. The summed E-state index contributed by atoms with van der Waals surface area (Å²) in [4.78, 5) is 30.2. The van der Waals surface area contributed by atoms with Gasteiger partial charge in [-0.1, -0.05) is 25.9 Å². The number of carboxylic acid groups (broad SMARTS) is 1. The van der Waals surface area contributed by atoms with E-state index in [1.807, 2.05) is 13.8 Å². The maximum atomic E-state index is 12.8. The van der Waals surface area contributed by atoms with Gasteiger partial charge in [0.1, 0.15) is 11.3 Å². The Morgan fingerprint density at radius 3 is 2.77 bits per heavy atom. The number of carbonyl (C=O) groups excluding carboxylic acids is 1. The average molecular weight is 361 g/mol. The van der Waals surface area contributed by atoms with E-state index in [0.717, 1.165) is 12.8 Å². The van der Waals surface area contributed by atoms with Crippen LogP contribution in [-0.2, 0) is 6.42 Å². The fourth-order valence-electron chi connectivity index (χ4n) is 3.15. The van der Waals surface area contributed by atoms with Crippen LogP contribution in [0, 0.1) is 0 Å². The molecule has 0 aromatic carbocycles. The van der Waals surface area contributed by atoms with Crippen molar-refractivity contribution in [1.29, 1.82) is 0 Å². The molecule has 1 aliphatic rings. The van der Waals surface area contributed by atoms with Crippen LogP contribution in [0.5, 0.6) is 0 Å². The summed E-state index contributed by atoms with van der Waals surface area (Å²) in [5, 5.41) is 13.3. The molecule has 2 aromatic heterocycles. The number of piperidine rings is 1. The fourth-order valence-corrected chi connectivity index (χ4v) is 3.15. The van der Waals surface area contributed by atoms with E-state index in [9.17, 15) is 14.7 Å². The number of aromatic nitrogens is 2. The fraction of sp³-hybridized carbons (Fsp3) is 0.556. The van der Waals surface area contributed by atoms with Crippen LogP contribution in [0.3, 0.4) is 0 Å². The molecule has 0 spiro atoms. The van der Waals surface area contributed by atoms with Crippen LogP contribution >= 0.6 is 0 Å². The van der Waals surface area contributed by atoms with Crippen LogP contribution < -0.4 is 0 Å². The van der Waals surface area contributed by atoms with E-state index < -0.39 is 5.97 Å². The molecule has 140 valence electrons. The number of carboxylic acids is 1. The van der Waals surface area contributed by atoms with Gasteiger partial charge in [0.05, 0.1) is 0 Å². The predicted octanol–water partition coefficient (Wildman–Crippen LogP) is 3.07. The molecule has 3 heterocycles. The zero-order chi connectivity index (χ0) is 18.8. The lowest BCUT2D eigenvalue weighted by molar-refractivity contribution is 0.0666. The molecule has 3 rings (SSSR count). The molecule has 1 amide bonds. The third kappa shape index (κ3) is 3.49. The van der Waals surface area contributed by atoms with Gasteiger partial charge < -0.3 is 18.9 Å². The molecular formula is C18H23N3O5. The highest BCUT2D eigenvalue weighted by Crippen LogP contribution is 2.28. The summed E-state index contributed by atoms with van der Waals surface area (Å²) in [6, 6.07) is 1.32. The van der Waals surface area contributed by atoms with Crippen molar-refractivity contribution in [1.82, 2.24) is 15.0 Å². The number of likely N-dealkylation sites (tertiary alicyclic amines) is 1. The molecule has 26 heavy (non-hydrogen) atoms. The maximum Gasteiger partial charge on any atom is 0.339 e. The van der Waals surface area contributed by atoms with Crippen LogP contribution in [0.4, 0.5) is 0 Å². The molecule has 1 N–H and O–H groups in total. The topological polar surface area (TPSA) is 110 Å². The number of hydrogen-bond donors (Lipinski definition) is 1. The Hall–Kier alpha value is -2.64. The van der Waals surface area contributed by atoms with Crippen LogP contribution in [-0.4, -0.2) is 45.1 Å². The molecule has 1 atom stereocenters. The summed E-state index contributed by atoms with van der Waals surface area (Å²) >= 11 is 0. The second kappa shape index (κ2) is 7.31. The Bertz CT molecular complexity index is 808. The van der Waals surface area contributed by atoms with Crippen molar-refractivity contribution in [2.75, 3.05) is 13.1 Å². The minimum atomic E-state index is -1.09. The SMILES string of the molecule is CCc1oc(C(=O)N2CCCC(c3noc(C(C)C)n3)C2)cc1C(=O)O. The summed E-state index contributed by atoms with van der Waals surface area (Å²) < 4.78 is 10.8. The molecule has 8 nitrogen and oxygen atoms in total. The summed E-state index contributed by atoms with van der Waals surface area (Å²) in [7, 11) is 0. The van der Waals surface area contributed by atoms with Crippen molar-refractivity contribution in [3.8, 4) is 0 Å². The van der Waals surface area contributed by atoms with Crippen LogP contribution in [0.2, 0.25) is 0 Å². The molecular weight excluding hydrogens is 338 g/mol. The van der Waals surface area contributed by atoms with Crippen molar-refractivity contribution >= 4 is 11.9 Å². The lowest BCUT2D eigenvalue weighted by atomic mass is 9.97. The van der Waals surface area contributed by atoms with Gasteiger partial charge in [0.2, 0.25) is 5.89 Å². The maximum absolute atomic E-state index is 12.8. The molecule has 1 unspecified atom stereocenters. The van der Waals surface area contributed by atoms with Gasteiger partial charge in [-0.3, -0.25) is 4.79 Å². The van der Waals surface area contributed by atoms with Gasteiger partial charge >= 0.3 is 5.97 Å². The van der Waals surface area contributed by atoms with Gasteiger partial charge in [-0.05, 0) is 12.8 Å². The first-order chi connectivity index (χ1) is 12.4. The minimum absolute atomic E-state index is 0.00324. The Balaban J connectivity index is 1.76. The van der Waals surface area contributed by atoms with Gasteiger partial charge in [0, 0.05) is 37.4 Å². The first kappa shape index (κ1) is 18.2. The Morgan fingerprint density at radius 2 is 2.19 bits per heavy atom. The van der Waals surface area contributed by atoms with Gasteiger partial charge in [0.15, 0.2) is 11.6 Å². The first-order valence-corrected chi connectivity index (χ1v) is 8.89. The number of hydrogen-bond acceptors (Lipinski definition) is 6. The minimum Gasteiger partial charge on any atom is -0.478 e. The number of carbonyl (C=O) groups is 2. The van der Waals surface area contributed by atoms with Crippen molar-refractivity contribution in [3.63, 3.8) is 0 Å². The molecule has 1 saturated heterocycles. The van der Waals surface area contributed by atoms with Crippen LogP contribution in [0.25, 0.3) is 0 Å². The summed E-state index contributed by atoms with van der Waals surface area (Å²) in [6.07, 6.45) is 2.10. The number of furan rings is 1. The third-order valence-corrected chi connectivity index (χ3v) is 4.60. The molecule has 1 aliphatic heterocycles. The summed E-state index contributed by atoms with van der Waals surface area (Å²) in [5.74, 6) is 0.356. The first-order valence-electron chi connectivity index (χ1n) is 8.89. The highest BCUT2D eigenvalue weighted by molar-refractivity contribution is 5.96. The molecule has 0 saturated carbocycles. The molecule has 0 bridgehead atoms. The zero-order valence-electron chi connectivity index (χ0n) is 15.2. The number of aryl methyl sites for hydroxylation is 1. The highest BCUT2D eigenvalue weighted by Gasteiger charge is 2.31. The largest absolute Gasteiger partial charge is 0.478 e. The van der Waals surface area contributed by atoms with Crippen molar-refractivity contribution in [3.05, 3.63) is 34.9 Å². The molecule has 0 aliphatic carbocycles. The van der Waals surface area contributed by atoms with E-state index in [0.29, 0.717) is 37.0 Å². The lowest BCUT2D eigenvalue weighted by Gasteiger charge is -2.30. The second-order valence-corrected chi connectivity index (χ2v) is 6.84. The van der Waals surface area contributed by atoms with Crippen molar-refractivity contribution < 1.29 is 23.6 Å². The third-order valence-electron chi connectivity index (χ3n) is 4.60. The number of rotatable bonds is 5. The van der Waals surface area contributed by atoms with E-state index in [2.05, 4.69) is 10.1 Å². The number of nitrogens with zero attached hydrogens (tertiary/aromatic N) is 3. The Morgan fingerprint density at radius 1 is 1.42 bits per heavy atom. The van der Waals surface area contributed by atoms with Crippen LogP contribution in [0.1, 0.15) is 83.8 Å². The Kier molecular flexibility index (Phi) is 5.11. The molecule has 1 fully saturated rings. The van der Waals surface area contributed by atoms with E-state index in [4.69, 9.17) is 8.94 Å². The quantitative estimate of drug-likeness (QED) is 0.871. The van der Waals surface area contributed by atoms with Gasteiger partial charge in [-0.2, -0.15) is 4.98 Å². The van der Waals surface area contributed by atoms with Gasteiger partial charge in [-0.25, -0.2) is 4.79 Å². The van der Waals surface area contributed by atoms with E-state index in [1.165, 1.54) is 6.07 Å². The van der Waals surface area contributed by atoms with Crippen LogP contribution in [0.15, 0.2) is 15.0 Å². The summed E-state index contributed by atoms with van der Waals surface area (Å²) in [5.41, 5.74) is 0.0455. The van der Waals surface area contributed by atoms with E-state index in [-0.39, 0.29) is 29.1 Å². The monoisotopic (exact) mass is 361 g/mol. The summed E-state index contributed by atoms with van der Waals surface area (Å²) in [6.45, 7) is 6.81. The zero-order valence-corrected chi connectivity index (χ0v) is 15.2. The van der Waals surface area contributed by atoms with Crippen molar-refractivity contribution in [2.45, 2.75) is 51.9 Å². The second-order valence-electron chi connectivity index (χ2n) is 6.84.